The van der Waals surface area contributed by atoms with Gasteiger partial charge in [0, 0.05) is 19.1 Å². The number of aliphatic hydroxyl groups excluding tert-OH is 1. The van der Waals surface area contributed by atoms with Crippen LogP contribution in [0.3, 0.4) is 0 Å². The van der Waals surface area contributed by atoms with Crippen LogP contribution in [-0.4, -0.2) is 57.7 Å². The Morgan fingerprint density at radius 2 is 1.95 bits per heavy atom. The number of hydrogen-bond donors (Lipinski definition) is 2. The number of likely N-dealkylation sites (tertiary alicyclic amines) is 1. The fraction of sp³-hybridized carbons (Fsp3) is 0.625. The summed E-state index contributed by atoms with van der Waals surface area (Å²) in [5, 5.41) is 20.8. The quantitative estimate of drug-likeness (QED) is 0.826. The summed E-state index contributed by atoms with van der Waals surface area (Å²) in [6.45, 7) is 2.45. The molecule has 2 N–H and O–H groups in total. The van der Waals surface area contributed by atoms with Crippen LogP contribution < -0.4 is 0 Å². The molecule has 0 radical (unpaired) electrons. The Hall–Kier alpha value is -0.510. The van der Waals surface area contributed by atoms with Crippen LogP contribution in [-0.2, 0) is 0 Å². The molecule has 2 heterocycles. The van der Waals surface area contributed by atoms with Crippen molar-refractivity contribution < 1.29 is 10.2 Å². The lowest BCUT2D eigenvalue weighted by Crippen LogP contribution is -2.69. The third kappa shape index (κ3) is 3.01. The molecule has 2 fully saturated rings. The summed E-state index contributed by atoms with van der Waals surface area (Å²) in [6, 6.07) is 10.3. The van der Waals surface area contributed by atoms with Gasteiger partial charge in [0.05, 0.1) is 12.6 Å². The molecule has 2 unspecified atom stereocenters. The van der Waals surface area contributed by atoms with Gasteiger partial charge in [-0.25, -0.2) is 0 Å². The zero-order valence-electron chi connectivity index (χ0n) is 12.4. The van der Waals surface area contributed by atoms with Gasteiger partial charge in [0.15, 0.2) is 0 Å². The molecule has 3 rings (SSSR count). The van der Waals surface area contributed by atoms with Gasteiger partial charge in [-0.2, -0.15) is 0 Å². The number of β-amino-alcohol motifs (C(OH)–C–C–N with tert-alkyl or cyclic N) is 1. The monoisotopic (exact) mass is 308 g/mol. The molecular formula is C16H25N2O2P. The molecule has 2 saturated heterocycles. The molecule has 0 spiro atoms. The van der Waals surface area contributed by atoms with Crippen LogP contribution in [0.5, 0.6) is 0 Å². The van der Waals surface area contributed by atoms with Gasteiger partial charge in [-0.3, -0.25) is 9.57 Å². The van der Waals surface area contributed by atoms with E-state index in [1.807, 2.05) is 18.2 Å². The molecule has 1 aromatic carbocycles. The molecule has 1 aromatic rings. The molecule has 0 aliphatic carbocycles. The van der Waals surface area contributed by atoms with E-state index >= 15 is 0 Å². The smallest absolute Gasteiger partial charge is 0.106 e. The molecule has 0 saturated carbocycles. The standard InChI is InChI=1S/C16H25N2O2P/c19-10-14(13-6-2-1-3-7-13)18-9-5-4-8-15(18)16(20)11-17(21)12-16/h1-3,6-7,14-15,19-20H,4-5,8-12,21H2/t14-,15?/m1/s1. The van der Waals surface area contributed by atoms with Crippen molar-refractivity contribution in [3.63, 3.8) is 0 Å². The van der Waals surface area contributed by atoms with E-state index in [9.17, 15) is 10.2 Å². The predicted octanol–water partition coefficient (Wildman–Crippen LogP) is 1.41. The van der Waals surface area contributed by atoms with Crippen molar-refractivity contribution in [1.29, 1.82) is 0 Å². The first-order valence-electron chi connectivity index (χ1n) is 7.77. The molecule has 5 heteroatoms. The molecule has 0 aromatic heterocycles. The minimum Gasteiger partial charge on any atom is -0.394 e. The number of benzene rings is 1. The first-order chi connectivity index (χ1) is 10.1. The van der Waals surface area contributed by atoms with Crippen LogP contribution in [0, 0.1) is 0 Å². The topological polar surface area (TPSA) is 46.9 Å². The summed E-state index contributed by atoms with van der Waals surface area (Å²) in [7, 11) is 2.66. The SMILES string of the molecule is OC[C@H](c1ccccc1)N1CCCCC1C1(O)CN(P)C1. The summed E-state index contributed by atoms with van der Waals surface area (Å²) in [5.41, 5.74) is 0.502. The maximum atomic E-state index is 10.9. The largest absolute Gasteiger partial charge is 0.394 e. The fourth-order valence-electron chi connectivity index (χ4n) is 3.85. The van der Waals surface area contributed by atoms with E-state index in [0.717, 1.165) is 31.4 Å². The summed E-state index contributed by atoms with van der Waals surface area (Å²) in [6.07, 6.45) is 3.31. The van der Waals surface area contributed by atoms with Crippen molar-refractivity contribution in [2.75, 3.05) is 26.2 Å². The van der Waals surface area contributed by atoms with Gasteiger partial charge in [0.1, 0.15) is 5.60 Å². The zero-order valence-corrected chi connectivity index (χ0v) is 13.5. The lowest BCUT2D eigenvalue weighted by Gasteiger charge is -2.55. The van der Waals surface area contributed by atoms with Crippen LogP contribution in [0.2, 0.25) is 0 Å². The normalized spacial score (nSPS) is 28.0. The first kappa shape index (κ1) is 15.4. The van der Waals surface area contributed by atoms with E-state index in [4.69, 9.17) is 0 Å². The highest BCUT2D eigenvalue weighted by molar-refractivity contribution is 7.13. The van der Waals surface area contributed by atoms with E-state index in [2.05, 4.69) is 31.1 Å². The van der Waals surface area contributed by atoms with Crippen molar-refractivity contribution in [2.45, 2.75) is 36.9 Å². The Kier molecular flexibility index (Phi) is 4.63. The Bertz CT molecular complexity index is 465. The van der Waals surface area contributed by atoms with Gasteiger partial charge in [-0.15, -0.1) is 0 Å². The van der Waals surface area contributed by atoms with Crippen LogP contribution >= 0.6 is 9.39 Å². The number of aliphatic hydroxyl groups is 2. The second-order valence-electron chi connectivity index (χ2n) is 6.37. The number of piperidine rings is 1. The Morgan fingerprint density at radius 1 is 1.24 bits per heavy atom. The average Bonchev–Trinajstić information content (AvgIpc) is 2.48. The molecule has 2 aliphatic rings. The molecule has 21 heavy (non-hydrogen) atoms. The summed E-state index contributed by atoms with van der Waals surface area (Å²) < 4.78 is 2.07. The van der Waals surface area contributed by atoms with Gasteiger partial charge >= 0.3 is 0 Å². The predicted molar refractivity (Wildman–Crippen MR) is 86.8 cm³/mol. The second kappa shape index (κ2) is 6.31. The molecule has 4 nitrogen and oxygen atoms in total. The Morgan fingerprint density at radius 3 is 2.57 bits per heavy atom. The number of hydrogen-bond acceptors (Lipinski definition) is 4. The molecular weight excluding hydrogens is 283 g/mol. The van der Waals surface area contributed by atoms with Gasteiger partial charge < -0.3 is 10.2 Å². The van der Waals surface area contributed by atoms with Gasteiger partial charge in [-0.1, -0.05) is 46.1 Å². The fourth-order valence-corrected chi connectivity index (χ4v) is 4.48. The van der Waals surface area contributed by atoms with Gasteiger partial charge in [0.25, 0.3) is 0 Å². The third-order valence-electron chi connectivity index (χ3n) is 4.88. The van der Waals surface area contributed by atoms with E-state index in [1.165, 1.54) is 0 Å². The maximum absolute atomic E-state index is 10.9. The van der Waals surface area contributed by atoms with E-state index in [0.29, 0.717) is 13.1 Å². The average molecular weight is 308 g/mol. The van der Waals surface area contributed by atoms with Crippen LogP contribution in [0.25, 0.3) is 0 Å². The molecule has 2 aliphatic heterocycles. The maximum Gasteiger partial charge on any atom is 0.106 e. The second-order valence-corrected chi connectivity index (χ2v) is 7.10. The minimum atomic E-state index is -0.635. The Labute approximate surface area is 129 Å². The summed E-state index contributed by atoms with van der Waals surface area (Å²) in [5.74, 6) is 0. The van der Waals surface area contributed by atoms with Crippen LogP contribution in [0.4, 0.5) is 0 Å². The molecule has 0 amide bonds. The van der Waals surface area contributed by atoms with Crippen molar-refractivity contribution >= 4 is 9.39 Å². The van der Waals surface area contributed by atoms with Gasteiger partial charge in [-0.05, 0) is 24.9 Å². The first-order valence-corrected chi connectivity index (χ1v) is 8.29. The van der Waals surface area contributed by atoms with Crippen LogP contribution in [0.1, 0.15) is 30.9 Å². The lowest BCUT2D eigenvalue weighted by molar-refractivity contribution is -0.138. The van der Waals surface area contributed by atoms with E-state index in [1.54, 1.807) is 0 Å². The summed E-state index contributed by atoms with van der Waals surface area (Å²) in [4.78, 5) is 2.33. The van der Waals surface area contributed by atoms with E-state index in [-0.39, 0.29) is 18.7 Å². The lowest BCUT2D eigenvalue weighted by atomic mass is 9.80. The zero-order chi connectivity index (χ0) is 14.9. The summed E-state index contributed by atoms with van der Waals surface area (Å²) >= 11 is 0. The highest BCUT2D eigenvalue weighted by Crippen LogP contribution is 2.38. The molecule has 116 valence electrons. The van der Waals surface area contributed by atoms with Crippen molar-refractivity contribution in [3.05, 3.63) is 35.9 Å². The molecule has 3 atom stereocenters. The number of rotatable bonds is 4. The highest BCUT2D eigenvalue weighted by Gasteiger charge is 2.50. The highest BCUT2D eigenvalue weighted by atomic mass is 31.0. The van der Waals surface area contributed by atoms with Gasteiger partial charge in [0.2, 0.25) is 0 Å². The van der Waals surface area contributed by atoms with Crippen molar-refractivity contribution in [2.24, 2.45) is 0 Å². The Balaban J connectivity index is 1.83. The minimum absolute atomic E-state index is 0.0147. The number of nitrogens with zero attached hydrogens (tertiary/aromatic N) is 2. The van der Waals surface area contributed by atoms with Crippen molar-refractivity contribution in [3.8, 4) is 0 Å². The molecule has 0 bridgehead atoms. The van der Waals surface area contributed by atoms with Crippen LogP contribution in [0.15, 0.2) is 30.3 Å². The third-order valence-corrected chi connectivity index (χ3v) is 5.24. The van der Waals surface area contributed by atoms with Crippen molar-refractivity contribution in [1.82, 2.24) is 9.57 Å². The van der Waals surface area contributed by atoms with E-state index < -0.39 is 5.60 Å².